The van der Waals surface area contributed by atoms with Crippen LogP contribution in [0, 0.1) is 0 Å². The number of aliphatic carboxylic acids is 1. The van der Waals surface area contributed by atoms with Gasteiger partial charge in [-0.25, -0.2) is 0 Å². The van der Waals surface area contributed by atoms with E-state index in [9.17, 15) is 9.59 Å². The monoisotopic (exact) mass is 279 g/mol. The third kappa shape index (κ3) is 3.18. The second kappa shape index (κ2) is 6.07. The van der Waals surface area contributed by atoms with Crippen LogP contribution in [0.4, 0.5) is 0 Å². The number of likely N-dealkylation sites (N-methyl/N-ethyl adjacent to an activating group) is 1. The smallest absolute Gasteiger partial charge is 0.305 e. The number of hydrogen-bond acceptors (Lipinski definition) is 3. The van der Waals surface area contributed by atoms with Crippen molar-refractivity contribution in [1.29, 1.82) is 0 Å². The minimum atomic E-state index is -0.842. The molecule has 1 aromatic heterocycles. The molecule has 2 rings (SSSR count). The summed E-state index contributed by atoms with van der Waals surface area (Å²) in [6, 6.07) is 1.76. The quantitative estimate of drug-likeness (QED) is 0.886. The van der Waals surface area contributed by atoms with Gasteiger partial charge in [0, 0.05) is 19.4 Å². The zero-order valence-corrected chi connectivity index (χ0v) is 11.8. The van der Waals surface area contributed by atoms with Crippen LogP contribution in [0.15, 0.2) is 18.5 Å². The number of amides is 1. The van der Waals surface area contributed by atoms with Gasteiger partial charge in [-0.15, -0.1) is 0 Å². The highest BCUT2D eigenvalue weighted by Gasteiger charge is 2.40. The number of nitrogens with zero attached hydrogens (tertiary/aromatic N) is 3. The zero-order chi connectivity index (χ0) is 14.6. The zero-order valence-electron chi connectivity index (χ0n) is 11.8. The largest absolute Gasteiger partial charge is 0.481 e. The number of carboxylic acids is 1. The van der Waals surface area contributed by atoms with Crippen molar-refractivity contribution in [2.24, 2.45) is 0 Å². The van der Waals surface area contributed by atoms with E-state index in [1.807, 2.05) is 0 Å². The van der Waals surface area contributed by atoms with Crippen LogP contribution >= 0.6 is 0 Å². The Morgan fingerprint density at radius 3 is 2.60 bits per heavy atom. The number of rotatable bonds is 5. The van der Waals surface area contributed by atoms with E-state index in [2.05, 4.69) is 5.10 Å². The summed E-state index contributed by atoms with van der Waals surface area (Å²) in [6.07, 6.45) is 7.98. The lowest BCUT2D eigenvalue weighted by molar-refractivity contribution is -0.146. The van der Waals surface area contributed by atoms with E-state index in [4.69, 9.17) is 5.11 Å². The Balaban J connectivity index is 2.10. The summed E-state index contributed by atoms with van der Waals surface area (Å²) in [7, 11) is 1.72. The summed E-state index contributed by atoms with van der Waals surface area (Å²) in [5.74, 6) is -0.928. The Kier molecular flexibility index (Phi) is 4.42. The van der Waals surface area contributed by atoms with Crippen LogP contribution in [0.5, 0.6) is 0 Å². The molecule has 0 unspecified atom stereocenters. The van der Waals surface area contributed by atoms with E-state index in [0.717, 1.165) is 32.1 Å². The molecule has 0 radical (unpaired) electrons. The molecule has 0 atom stereocenters. The Morgan fingerprint density at radius 1 is 1.35 bits per heavy atom. The highest BCUT2D eigenvalue weighted by Crippen LogP contribution is 2.36. The second-order valence-corrected chi connectivity index (χ2v) is 5.51. The van der Waals surface area contributed by atoms with Crippen LogP contribution in [0.2, 0.25) is 0 Å². The van der Waals surface area contributed by atoms with Gasteiger partial charge in [0.15, 0.2) is 0 Å². The molecule has 110 valence electrons. The van der Waals surface area contributed by atoms with Crippen molar-refractivity contribution in [2.45, 2.75) is 50.6 Å². The summed E-state index contributed by atoms with van der Waals surface area (Å²) in [5.41, 5.74) is -0.533. The molecule has 1 N–H and O–H groups in total. The van der Waals surface area contributed by atoms with Crippen molar-refractivity contribution in [3.8, 4) is 0 Å². The second-order valence-electron chi connectivity index (χ2n) is 5.51. The molecule has 6 nitrogen and oxygen atoms in total. The standard InChI is InChI=1S/C14H21N3O3/c1-16(12(18)11-17-9-5-8-15-17)14(10-13(19)20)6-3-2-4-7-14/h5,8-9H,2-4,6-7,10-11H2,1H3,(H,19,20). The van der Waals surface area contributed by atoms with Crippen molar-refractivity contribution in [2.75, 3.05) is 7.05 Å². The van der Waals surface area contributed by atoms with E-state index in [-0.39, 0.29) is 18.9 Å². The number of carbonyl (C=O) groups excluding carboxylic acids is 1. The Bertz CT molecular complexity index is 464. The van der Waals surface area contributed by atoms with Gasteiger partial charge in [0.2, 0.25) is 5.91 Å². The Labute approximate surface area is 118 Å². The van der Waals surface area contributed by atoms with E-state index >= 15 is 0 Å². The lowest BCUT2D eigenvalue weighted by atomic mass is 9.78. The van der Waals surface area contributed by atoms with E-state index < -0.39 is 11.5 Å². The van der Waals surface area contributed by atoms with Crippen LogP contribution in [-0.2, 0) is 16.1 Å². The fourth-order valence-corrected chi connectivity index (χ4v) is 3.03. The van der Waals surface area contributed by atoms with Gasteiger partial charge < -0.3 is 10.0 Å². The third-order valence-electron chi connectivity index (χ3n) is 4.21. The maximum atomic E-state index is 12.4. The highest BCUT2D eigenvalue weighted by atomic mass is 16.4. The molecule has 0 spiro atoms. The molecule has 1 aliphatic rings. The molecule has 1 saturated carbocycles. The Hall–Kier alpha value is -1.85. The minimum Gasteiger partial charge on any atom is -0.481 e. The molecule has 0 saturated heterocycles. The normalized spacial score (nSPS) is 17.6. The minimum absolute atomic E-state index is 0.0222. The molecule has 1 heterocycles. The summed E-state index contributed by atoms with van der Waals surface area (Å²) >= 11 is 0. The Morgan fingerprint density at radius 2 is 2.05 bits per heavy atom. The van der Waals surface area contributed by atoms with Crippen LogP contribution in [0.25, 0.3) is 0 Å². The molecule has 1 fully saturated rings. The van der Waals surface area contributed by atoms with Gasteiger partial charge in [0.25, 0.3) is 0 Å². The first kappa shape index (κ1) is 14.6. The average Bonchev–Trinajstić information content (AvgIpc) is 2.91. The number of hydrogen-bond donors (Lipinski definition) is 1. The summed E-state index contributed by atoms with van der Waals surface area (Å²) < 4.78 is 1.57. The van der Waals surface area contributed by atoms with Crippen molar-refractivity contribution in [3.63, 3.8) is 0 Å². The van der Waals surface area contributed by atoms with Gasteiger partial charge in [-0.05, 0) is 18.9 Å². The lowest BCUT2D eigenvalue weighted by Gasteiger charge is -2.43. The fourth-order valence-electron chi connectivity index (χ4n) is 3.03. The van der Waals surface area contributed by atoms with Crippen LogP contribution in [0.1, 0.15) is 38.5 Å². The molecule has 1 aromatic rings. The number of carbonyl (C=O) groups is 2. The van der Waals surface area contributed by atoms with Crippen LogP contribution in [0.3, 0.4) is 0 Å². The van der Waals surface area contributed by atoms with Crippen LogP contribution in [-0.4, -0.2) is 44.3 Å². The molecule has 1 amide bonds. The molecule has 0 aromatic carbocycles. The summed E-state index contributed by atoms with van der Waals surface area (Å²) in [5, 5.41) is 13.2. The fraction of sp³-hybridized carbons (Fsp3) is 0.643. The SMILES string of the molecule is CN(C(=O)Cn1cccn1)C1(CC(=O)O)CCCCC1. The number of aromatic nitrogens is 2. The molecular weight excluding hydrogens is 258 g/mol. The summed E-state index contributed by atoms with van der Waals surface area (Å²) in [4.78, 5) is 25.2. The maximum Gasteiger partial charge on any atom is 0.305 e. The molecule has 0 bridgehead atoms. The summed E-state index contributed by atoms with van der Waals surface area (Å²) in [6.45, 7) is 0.158. The van der Waals surface area contributed by atoms with Gasteiger partial charge in [-0.2, -0.15) is 5.10 Å². The van der Waals surface area contributed by atoms with E-state index in [1.54, 1.807) is 35.1 Å². The van der Waals surface area contributed by atoms with E-state index in [1.165, 1.54) is 0 Å². The third-order valence-corrected chi connectivity index (χ3v) is 4.21. The topological polar surface area (TPSA) is 75.4 Å². The maximum absolute atomic E-state index is 12.4. The van der Waals surface area contributed by atoms with Gasteiger partial charge in [-0.3, -0.25) is 14.3 Å². The predicted molar refractivity (Wildman–Crippen MR) is 73.1 cm³/mol. The average molecular weight is 279 g/mol. The predicted octanol–water partition coefficient (Wildman–Crippen LogP) is 1.52. The molecule has 6 heteroatoms. The molecule has 1 aliphatic carbocycles. The molecule has 20 heavy (non-hydrogen) atoms. The van der Waals surface area contributed by atoms with Crippen molar-refractivity contribution in [3.05, 3.63) is 18.5 Å². The first-order valence-corrected chi connectivity index (χ1v) is 6.99. The van der Waals surface area contributed by atoms with Crippen LogP contribution < -0.4 is 0 Å². The van der Waals surface area contributed by atoms with Gasteiger partial charge >= 0.3 is 5.97 Å². The van der Waals surface area contributed by atoms with Gasteiger partial charge in [-0.1, -0.05) is 19.3 Å². The van der Waals surface area contributed by atoms with E-state index in [0.29, 0.717) is 0 Å². The molecule has 0 aliphatic heterocycles. The number of carboxylic acid groups (broad SMARTS) is 1. The van der Waals surface area contributed by atoms with Crippen molar-refractivity contribution >= 4 is 11.9 Å². The first-order chi connectivity index (χ1) is 9.53. The molecular formula is C14H21N3O3. The van der Waals surface area contributed by atoms with Crippen molar-refractivity contribution < 1.29 is 14.7 Å². The van der Waals surface area contributed by atoms with Gasteiger partial charge in [0.1, 0.15) is 6.54 Å². The first-order valence-electron chi connectivity index (χ1n) is 6.99. The lowest BCUT2D eigenvalue weighted by Crippen LogP contribution is -2.53. The van der Waals surface area contributed by atoms with Gasteiger partial charge in [0.05, 0.1) is 12.0 Å². The highest BCUT2D eigenvalue weighted by molar-refractivity contribution is 5.78. The van der Waals surface area contributed by atoms with Crippen molar-refractivity contribution in [1.82, 2.24) is 14.7 Å².